The lowest BCUT2D eigenvalue weighted by atomic mass is 10.1. The number of esters is 1. The molecule has 0 bridgehead atoms. The number of ether oxygens (including phenoxy) is 1. The van der Waals surface area contributed by atoms with E-state index in [1.807, 2.05) is 6.07 Å². The summed E-state index contributed by atoms with van der Waals surface area (Å²) in [6.45, 7) is 3.69. The van der Waals surface area contributed by atoms with Gasteiger partial charge in [0.05, 0.1) is 11.1 Å². The van der Waals surface area contributed by atoms with E-state index in [0.717, 1.165) is 4.68 Å². The third-order valence-electron chi connectivity index (χ3n) is 4.00. The van der Waals surface area contributed by atoms with Crippen LogP contribution in [0.5, 0.6) is 0 Å². The molecular formula is C20H19N3O4. The van der Waals surface area contributed by atoms with Gasteiger partial charge in [-0.3, -0.25) is 9.59 Å². The number of rotatable bonds is 5. The molecule has 3 aromatic rings. The normalized spacial score (nSPS) is 11.8. The molecule has 0 aliphatic heterocycles. The molecule has 0 aliphatic rings. The SMILES string of the molecule is CCNC(=O)C(C)OC(=O)c1nn(-c2ccccc2)c(=O)c2ccccc12. The Balaban J connectivity index is 2.09. The van der Waals surface area contributed by atoms with Gasteiger partial charge in [0, 0.05) is 11.9 Å². The van der Waals surface area contributed by atoms with Gasteiger partial charge in [-0.15, -0.1) is 0 Å². The van der Waals surface area contributed by atoms with Crippen molar-refractivity contribution < 1.29 is 14.3 Å². The third kappa shape index (κ3) is 3.72. The van der Waals surface area contributed by atoms with Crippen LogP contribution in [0, 0.1) is 0 Å². The molecule has 1 N–H and O–H groups in total. The second kappa shape index (κ2) is 7.82. The first-order valence-corrected chi connectivity index (χ1v) is 8.59. The van der Waals surface area contributed by atoms with Crippen LogP contribution in [0.1, 0.15) is 24.3 Å². The lowest BCUT2D eigenvalue weighted by Gasteiger charge is -2.14. The molecule has 0 saturated heterocycles. The predicted octanol–water partition coefficient (Wildman–Crippen LogP) is 2.07. The van der Waals surface area contributed by atoms with Gasteiger partial charge in [0.25, 0.3) is 11.5 Å². The number of hydrogen-bond donors (Lipinski definition) is 1. The van der Waals surface area contributed by atoms with E-state index in [1.165, 1.54) is 6.92 Å². The zero-order valence-corrected chi connectivity index (χ0v) is 15.0. The maximum Gasteiger partial charge on any atom is 0.360 e. The number of nitrogens with one attached hydrogen (secondary N) is 1. The summed E-state index contributed by atoms with van der Waals surface area (Å²) in [5, 5.41) is 7.54. The first kappa shape index (κ1) is 18.3. The molecule has 0 radical (unpaired) electrons. The van der Waals surface area contributed by atoms with E-state index < -0.39 is 18.0 Å². The number of para-hydroxylation sites is 1. The summed E-state index contributed by atoms with van der Waals surface area (Å²) in [6, 6.07) is 15.5. The van der Waals surface area contributed by atoms with Gasteiger partial charge in [0.2, 0.25) is 0 Å². The van der Waals surface area contributed by atoms with Gasteiger partial charge in [-0.25, -0.2) is 4.79 Å². The van der Waals surface area contributed by atoms with Gasteiger partial charge in [0.1, 0.15) is 0 Å². The topological polar surface area (TPSA) is 90.3 Å². The molecular weight excluding hydrogens is 346 g/mol. The zero-order chi connectivity index (χ0) is 19.4. The highest BCUT2D eigenvalue weighted by Gasteiger charge is 2.23. The molecule has 1 heterocycles. The van der Waals surface area contributed by atoms with Gasteiger partial charge in [-0.1, -0.05) is 36.4 Å². The highest BCUT2D eigenvalue weighted by atomic mass is 16.5. The molecule has 0 fully saturated rings. The predicted molar refractivity (Wildman–Crippen MR) is 101 cm³/mol. The van der Waals surface area contributed by atoms with Crippen LogP contribution < -0.4 is 10.9 Å². The Labute approximate surface area is 155 Å². The van der Waals surface area contributed by atoms with Crippen molar-refractivity contribution in [1.29, 1.82) is 0 Å². The molecule has 3 rings (SSSR count). The summed E-state index contributed by atoms with van der Waals surface area (Å²) in [6.07, 6.45) is -0.977. The Morgan fingerprint density at radius 3 is 2.37 bits per heavy atom. The summed E-state index contributed by atoms with van der Waals surface area (Å²) in [7, 11) is 0. The van der Waals surface area contributed by atoms with Crippen molar-refractivity contribution in [2.75, 3.05) is 6.54 Å². The fraction of sp³-hybridized carbons (Fsp3) is 0.200. The molecule has 1 atom stereocenters. The van der Waals surface area contributed by atoms with E-state index in [1.54, 1.807) is 55.5 Å². The van der Waals surface area contributed by atoms with Crippen LogP contribution in [0.15, 0.2) is 59.4 Å². The number of benzene rings is 2. The number of hydrogen-bond acceptors (Lipinski definition) is 5. The third-order valence-corrected chi connectivity index (χ3v) is 4.00. The van der Waals surface area contributed by atoms with E-state index >= 15 is 0 Å². The fourth-order valence-corrected chi connectivity index (χ4v) is 2.67. The van der Waals surface area contributed by atoms with E-state index in [2.05, 4.69) is 10.4 Å². The van der Waals surface area contributed by atoms with Crippen molar-refractivity contribution in [3.8, 4) is 5.69 Å². The first-order valence-electron chi connectivity index (χ1n) is 8.59. The van der Waals surface area contributed by atoms with Crippen molar-refractivity contribution in [2.24, 2.45) is 0 Å². The Bertz CT molecular complexity index is 1040. The van der Waals surface area contributed by atoms with Crippen molar-refractivity contribution in [3.05, 3.63) is 70.6 Å². The zero-order valence-electron chi connectivity index (χ0n) is 15.0. The number of carbonyl (C=O) groups is 2. The highest BCUT2D eigenvalue weighted by Crippen LogP contribution is 2.16. The lowest BCUT2D eigenvalue weighted by molar-refractivity contribution is -0.128. The molecule has 2 aromatic carbocycles. The standard InChI is InChI=1S/C20H19N3O4/c1-3-21-18(24)13(2)27-20(26)17-15-11-7-8-12-16(15)19(25)23(22-17)14-9-5-4-6-10-14/h4-13H,3H2,1-2H3,(H,21,24). The number of aromatic nitrogens is 2. The van der Waals surface area contributed by atoms with Crippen LogP contribution in [0.4, 0.5) is 0 Å². The van der Waals surface area contributed by atoms with E-state index in [9.17, 15) is 14.4 Å². The molecule has 7 nitrogen and oxygen atoms in total. The van der Waals surface area contributed by atoms with Gasteiger partial charge < -0.3 is 10.1 Å². The summed E-state index contributed by atoms with van der Waals surface area (Å²) in [5.74, 6) is -1.17. The first-order chi connectivity index (χ1) is 13.0. The molecule has 7 heteroatoms. The Morgan fingerprint density at radius 1 is 1.07 bits per heavy atom. The van der Waals surface area contributed by atoms with E-state index in [-0.39, 0.29) is 11.3 Å². The van der Waals surface area contributed by atoms with Crippen molar-refractivity contribution in [3.63, 3.8) is 0 Å². The quantitative estimate of drug-likeness (QED) is 0.699. The Hall–Kier alpha value is -3.48. The van der Waals surface area contributed by atoms with Crippen LogP contribution in [0.3, 0.4) is 0 Å². The van der Waals surface area contributed by atoms with E-state index in [0.29, 0.717) is 23.0 Å². The minimum Gasteiger partial charge on any atom is -0.448 e. The van der Waals surface area contributed by atoms with Crippen molar-refractivity contribution in [2.45, 2.75) is 20.0 Å². The number of carbonyl (C=O) groups excluding carboxylic acids is 2. The number of fused-ring (bicyclic) bond motifs is 1. The van der Waals surface area contributed by atoms with Crippen LogP contribution in [-0.4, -0.2) is 34.3 Å². The van der Waals surface area contributed by atoms with Gasteiger partial charge in [-0.2, -0.15) is 9.78 Å². The molecule has 1 unspecified atom stereocenters. The summed E-state index contributed by atoms with van der Waals surface area (Å²) < 4.78 is 6.42. The molecule has 1 amide bonds. The maximum atomic E-state index is 12.8. The molecule has 0 spiro atoms. The van der Waals surface area contributed by atoms with Gasteiger partial charge in [-0.05, 0) is 32.0 Å². The molecule has 27 heavy (non-hydrogen) atoms. The van der Waals surface area contributed by atoms with Crippen LogP contribution >= 0.6 is 0 Å². The molecule has 138 valence electrons. The summed E-state index contributed by atoms with van der Waals surface area (Å²) in [4.78, 5) is 37.3. The van der Waals surface area contributed by atoms with Gasteiger partial charge in [0.15, 0.2) is 11.8 Å². The monoisotopic (exact) mass is 365 g/mol. The number of nitrogens with zero attached hydrogens (tertiary/aromatic N) is 2. The van der Waals surface area contributed by atoms with Crippen molar-refractivity contribution >= 4 is 22.6 Å². The molecule has 0 aliphatic carbocycles. The summed E-state index contributed by atoms with van der Waals surface area (Å²) in [5.41, 5.74) is 0.161. The average molecular weight is 365 g/mol. The number of likely N-dealkylation sites (N-methyl/N-ethyl adjacent to an activating group) is 1. The molecule has 1 aromatic heterocycles. The Kier molecular flexibility index (Phi) is 5.30. The average Bonchev–Trinajstić information content (AvgIpc) is 2.69. The second-order valence-electron chi connectivity index (χ2n) is 5.89. The fourth-order valence-electron chi connectivity index (χ4n) is 2.67. The van der Waals surface area contributed by atoms with Gasteiger partial charge >= 0.3 is 5.97 Å². The minimum atomic E-state index is -0.977. The Morgan fingerprint density at radius 2 is 1.70 bits per heavy atom. The van der Waals surface area contributed by atoms with Crippen LogP contribution in [0.2, 0.25) is 0 Å². The van der Waals surface area contributed by atoms with Crippen LogP contribution in [0.25, 0.3) is 16.5 Å². The summed E-state index contributed by atoms with van der Waals surface area (Å²) >= 11 is 0. The van der Waals surface area contributed by atoms with E-state index in [4.69, 9.17) is 4.74 Å². The lowest BCUT2D eigenvalue weighted by Crippen LogP contribution is -2.36. The maximum absolute atomic E-state index is 12.8. The van der Waals surface area contributed by atoms with Crippen molar-refractivity contribution in [1.82, 2.24) is 15.1 Å². The second-order valence-corrected chi connectivity index (χ2v) is 5.89. The highest BCUT2D eigenvalue weighted by molar-refractivity contribution is 6.03. The largest absolute Gasteiger partial charge is 0.448 e. The molecule has 0 saturated carbocycles. The number of amides is 1. The minimum absolute atomic E-state index is 0.0230. The van der Waals surface area contributed by atoms with Crippen LogP contribution in [-0.2, 0) is 9.53 Å². The smallest absolute Gasteiger partial charge is 0.360 e.